The molecule has 0 saturated carbocycles. The molecule has 1 nitrogen and oxygen atoms in total. The molecule has 0 spiro atoms. The Kier molecular flexibility index (Phi) is 4.14. The summed E-state index contributed by atoms with van der Waals surface area (Å²) in [5.41, 5.74) is 8.60. The number of nitrogens with two attached hydrogens (primary N) is 1. The molecule has 0 bridgehead atoms. The zero-order valence-corrected chi connectivity index (χ0v) is 10.6. The SMILES string of the molecule is Cc1ccc(CC(N)C(C)C)cc1Br. The molecule has 0 aliphatic heterocycles. The highest BCUT2D eigenvalue weighted by atomic mass is 79.9. The fourth-order valence-corrected chi connectivity index (χ4v) is 1.70. The quantitative estimate of drug-likeness (QED) is 0.882. The molecule has 2 N–H and O–H groups in total. The molecule has 0 aromatic heterocycles. The number of benzene rings is 1. The summed E-state index contributed by atoms with van der Waals surface area (Å²) in [4.78, 5) is 0. The van der Waals surface area contributed by atoms with Gasteiger partial charge in [-0.2, -0.15) is 0 Å². The van der Waals surface area contributed by atoms with E-state index in [0.717, 1.165) is 6.42 Å². The van der Waals surface area contributed by atoms with Crippen LogP contribution < -0.4 is 5.73 Å². The summed E-state index contributed by atoms with van der Waals surface area (Å²) in [6, 6.07) is 6.71. The van der Waals surface area contributed by atoms with Crippen LogP contribution in [0.1, 0.15) is 25.0 Å². The van der Waals surface area contributed by atoms with E-state index in [-0.39, 0.29) is 6.04 Å². The molecule has 0 amide bonds. The minimum atomic E-state index is 0.254. The van der Waals surface area contributed by atoms with Crippen LogP contribution >= 0.6 is 15.9 Å². The number of halogens is 1. The molecular weight excluding hydrogens is 238 g/mol. The van der Waals surface area contributed by atoms with Crippen molar-refractivity contribution in [1.29, 1.82) is 0 Å². The van der Waals surface area contributed by atoms with Crippen molar-refractivity contribution in [2.24, 2.45) is 11.7 Å². The fraction of sp³-hybridized carbons (Fsp3) is 0.500. The van der Waals surface area contributed by atoms with Gasteiger partial charge in [-0.3, -0.25) is 0 Å². The van der Waals surface area contributed by atoms with Crippen molar-refractivity contribution in [1.82, 2.24) is 0 Å². The van der Waals surface area contributed by atoms with Gasteiger partial charge in [0.25, 0.3) is 0 Å². The van der Waals surface area contributed by atoms with Gasteiger partial charge >= 0.3 is 0 Å². The molecule has 0 radical (unpaired) electrons. The molecule has 1 atom stereocenters. The van der Waals surface area contributed by atoms with Crippen LogP contribution in [0.2, 0.25) is 0 Å². The van der Waals surface area contributed by atoms with Crippen LogP contribution in [0.4, 0.5) is 0 Å². The lowest BCUT2D eigenvalue weighted by Gasteiger charge is -2.15. The summed E-state index contributed by atoms with van der Waals surface area (Å²) in [7, 11) is 0. The van der Waals surface area contributed by atoms with Gasteiger partial charge in [-0.05, 0) is 36.5 Å². The lowest BCUT2D eigenvalue weighted by Crippen LogP contribution is -2.28. The smallest absolute Gasteiger partial charge is 0.0207 e. The Hall–Kier alpha value is -0.340. The molecule has 14 heavy (non-hydrogen) atoms. The molecule has 1 unspecified atom stereocenters. The molecule has 0 aliphatic carbocycles. The van der Waals surface area contributed by atoms with Crippen LogP contribution in [0.25, 0.3) is 0 Å². The first-order valence-electron chi connectivity index (χ1n) is 5.01. The Morgan fingerprint density at radius 1 is 1.36 bits per heavy atom. The average Bonchev–Trinajstić information content (AvgIpc) is 2.11. The Morgan fingerprint density at radius 3 is 2.50 bits per heavy atom. The Bertz CT molecular complexity index is 307. The van der Waals surface area contributed by atoms with Gasteiger partial charge in [0.15, 0.2) is 0 Å². The average molecular weight is 256 g/mol. The first-order chi connectivity index (χ1) is 6.50. The van der Waals surface area contributed by atoms with Crippen molar-refractivity contribution in [2.45, 2.75) is 33.2 Å². The van der Waals surface area contributed by atoms with Crippen LogP contribution in [0.15, 0.2) is 22.7 Å². The minimum absolute atomic E-state index is 0.254. The number of hydrogen-bond acceptors (Lipinski definition) is 1. The lowest BCUT2D eigenvalue weighted by atomic mass is 9.97. The molecule has 0 heterocycles. The van der Waals surface area contributed by atoms with Gasteiger partial charge in [0, 0.05) is 10.5 Å². The Labute approximate surface area is 94.8 Å². The number of rotatable bonds is 3. The second-order valence-electron chi connectivity index (χ2n) is 4.20. The summed E-state index contributed by atoms with van der Waals surface area (Å²) >= 11 is 3.53. The molecule has 0 fully saturated rings. The van der Waals surface area contributed by atoms with Gasteiger partial charge in [-0.1, -0.05) is 41.9 Å². The molecular formula is C12H18BrN. The number of hydrogen-bond donors (Lipinski definition) is 1. The van der Waals surface area contributed by atoms with E-state index in [2.05, 4.69) is 54.9 Å². The normalized spacial score (nSPS) is 13.3. The van der Waals surface area contributed by atoms with Crippen molar-refractivity contribution in [3.63, 3.8) is 0 Å². The van der Waals surface area contributed by atoms with Gasteiger partial charge in [0.05, 0.1) is 0 Å². The third kappa shape index (κ3) is 3.10. The van der Waals surface area contributed by atoms with Crippen LogP contribution in [0.3, 0.4) is 0 Å². The highest BCUT2D eigenvalue weighted by Gasteiger charge is 2.08. The van der Waals surface area contributed by atoms with Gasteiger partial charge in [-0.15, -0.1) is 0 Å². The number of aryl methyl sites for hydroxylation is 1. The lowest BCUT2D eigenvalue weighted by molar-refractivity contribution is 0.490. The molecule has 1 rings (SSSR count). The van der Waals surface area contributed by atoms with E-state index in [1.807, 2.05) is 0 Å². The molecule has 0 aliphatic rings. The van der Waals surface area contributed by atoms with E-state index < -0.39 is 0 Å². The maximum atomic E-state index is 6.02. The van der Waals surface area contributed by atoms with Crippen LogP contribution in [-0.4, -0.2) is 6.04 Å². The van der Waals surface area contributed by atoms with Gasteiger partial charge in [0.2, 0.25) is 0 Å². The highest BCUT2D eigenvalue weighted by Crippen LogP contribution is 2.19. The molecule has 1 aromatic carbocycles. The van der Waals surface area contributed by atoms with E-state index in [1.54, 1.807) is 0 Å². The monoisotopic (exact) mass is 255 g/mol. The molecule has 0 saturated heterocycles. The predicted octanol–water partition coefficient (Wildman–Crippen LogP) is 3.28. The van der Waals surface area contributed by atoms with Crippen molar-refractivity contribution in [3.05, 3.63) is 33.8 Å². The van der Waals surface area contributed by atoms with E-state index in [1.165, 1.54) is 15.6 Å². The molecule has 1 aromatic rings. The van der Waals surface area contributed by atoms with Crippen molar-refractivity contribution in [2.75, 3.05) is 0 Å². The summed E-state index contributed by atoms with van der Waals surface area (Å²) in [6.45, 7) is 6.41. The predicted molar refractivity (Wildman–Crippen MR) is 65.4 cm³/mol. The summed E-state index contributed by atoms with van der Waals surface area (Å²) < 4.78 is 1.17. The van der Waals surface area contributed by atoms with Crippen molar-refractivity contribution < 1.29 is 0 Å². The molecule has 78 valence electrons. The van der Waals surface area contributed by atoms with Gasteiger partial charge < -0.3 is 5.73 Å². The minimum Gasteiger partial charge on any atom is -0.327 e. The van der Waals surface area contributed by atoms with Crippen LogP contribution in [0, 0.1) is 12.8 Å². The Balaban J connectivity index is 2.73. The first kappa shape index (κ1) is 11.7. The largest absolute Gasteiger partial charge is 0.327 e. The maximum absolute atomic E-state index is 6.02. The fourth-order valence-electron chi connectivity index (χ4n) is 1.27. The van der Waals surface area contributed by atoms with E-state index in [4.69, 9.17) is 5.73 Å². The van der Waals surface area contributed by atoms with Gasteiger partial charge in [0.1, 0.15) is 0 Å². The molecule has 2 heteroatoms. The summed E-state index contributed by atoms with van der Waals surface area (Å²) in [5.74, 6) is 0.537. The van der Waals surface area contributed by atoms with Crippen LogP contribution in [-0.2, 0) is 6.42 Å². The third-order valence-electron chi connectivity index (χ3n) is 2.56. The zero-order chi connectivity index (χ0) is 10.7. The third-order valence-corrected chi connectivity index (χ3v) is 3.42. The second-order valence-corrected chi connectivity index (χ2v) is 5.05. The summed E-state index contributed by atoms with van der Waals surface area (Å²) in [5, 5.41) is 0. The van der Waals surface area contributed by atoms with Gasteiger partial charge in [-0.25, -0.2) is 0 Å². The van der Waals surface area contributed by atoms with E-state index in [9.17, 15) is 0 Å². The van der Waals surface area contributed by atoms with Crippen LogP contribution in [0.5, 0.6) is 0 Å². The van der Waals surface area contributed by atoms with Crippen molar-refractivity contribution >= 4 is 15.9 Å². The second kappa shape index (κ2) is 4.94. The zero-order valence-electron chi connectivity index (χ0n) is 9.05. The van der Waals surface area contributed by atoms with E-state index in [0.29, 0.717) is 5.92 Å². The topological polar surface area (TPSA) is 26.0 Å². The first-order valence-corrected chi connectivity index (χ1v) is 5.80. The van der Waals surface area contributed by atoms with Crippen molar-refractivity contribution in [3.8, 4) is 0 Å². The Morgan fingerprint density at radius 2 is 2.00 bits per heavy atom. The highest BCUT2D eigenvalue weighted by molar-refractivity contribution is 9.10. The van der Waals surface area contributed by atoms with E-state index >= 15 is 0 Å². The standard InChI is InChI=1S/C12H18BrN/c1-8(2)12(14)7-10-5-4-9(3)11(13)6-10/h4-6,8,12H,7,14H2,1-3H3. The maximum Gasteiger partial charge on any atom is 0.0207 e. The summed E-state index contributed by atoms with van der Waals surface area (Å²) in [6.07, 6.45) is 0.955.